The van der Waals surface area contributed by atoms with Gasteiger partial charge in [0, 0.05) is 18.3 Å². The topological polar surface area (TPSA) is 122 Å². The second-order valence-corrected chi connectivity index (χ2v) is 5.60. The minimum absolute atomic E-state index is 0.172. The molecule has 1 aromatic carbocycles. The summed E-state index contributed by atoms with van der Waals surface area (Å²) in [6, 6.07) is 4.67. The van der Waals surface area contributed by atoms with Crippen LogP contribution < -0.4 is 10.3 Å². The standard InChI is InChI=1S/C11H8FN3O5S/c12-9-3-1-7(5-10(9)15(17)18)14-21(19,20)8-2-4-11(16)13-6-8/h1-6,14H,(H,13,16). The van der Waals surface area contributed by atoms with E-state index in [1.807, 2.05) is 0 Å². The fourth-order valence-corrected chi connectivity index (χ4v) is 2.51. The minimum atomic E-state index is -4.05. The molecule has 10 heteroatoms. The number of pyridine rings is 1. The first-order valence-electron chi connectivity index (χ1n) is 5.45. The largest absolute Gasteiger partial charge is 0.328 e. The molecule has 0 saturated heterocycles. The second kappa shape index (κ2) is 5.32. The van der Waals surface area contributed by atoms with E-state index in [4.69, 9.17) is 0 Å². The molecule has 1 aromatic heterocycles. The van der Waals surface area contributed by atoms with Gasteiger partial charge in [-0.25, -0.2) is 8.42 Å². The molecule has 0 radical (unpaired) electrons. The molecule has 0 saturated carbocycles. The minimum Gasteiger partial charge on any atom is -0.328 e. The number of nitro groups is 1. The van der Waals surface area contributed by atoms with Crippen molar-refractivity contribution in [1.29, 1.82) is 0 Å². The van der Waals surface area contributed by atoms with Crippen LogP contribution in [0.5, 0.6) is 0 Å². The number of hydrogen-bond donors (Lipinski definition) is 2. The van der Waals surface area contributed by atoms with Gasteiger partial charge in [-0.15, -0.1) is 0 Å². The number of nitrogens with zero attached hydrogens (tertiary/aromatic N) is 1. The van der Waals surface area contributed by atoms with E-state index in [0.29, 0.717) is 0 Å². The SMILES string of the molecule is O=c1ccc(S(=O)(=O)Nc2ccc(F)c([N+](=O)[O-])c2)c[nH]1. The Bertz CT molecular complexity index is 842. The van der Waals surface area contributed by atoms with Crippen LogP contribution in [0.1, 0.15) is 0 Å². The van der Waals surface area contributed by atoms with Crippen molar-refractivity contribution in [1.82, 2.24) is 4.98 Å². The fourth-order valence-electron chi connectivity index (χ4n) is 1.49. The van der Waals surface area contributed by atoms with Crippen molar-refractivity contribution in [3.05, 3.63) is 62.8 Å². The molecule has 0 spiro atoms. The molecule has 2 rings (SSSR count). The van der Waals surface area contributed by atoms with Gasteiger partial charge in [-0.05, 0) is 18.2 Å². The molecule has 21 heavy (non-hydrogen) atoms. The summed E-state index contributed by atoms with van der Waals surface area (Å²) in [7, 11) is -4.05. The van der Waals surface area contributed by atoms with Gasteiger partial charge in [0.05, 0.1) is 10.6 Å². The average molecular weight is 313 g/mol. The van der Waals surface area contributed by atoms with Crippen LogP contribution in [0.3, 0.4) is 0 Å². The third-order valence-electron chi connectivity index (χ3n) is 2.46. The third-order valence-corrected chi connectivity index (χ3v) is 3.84. The van der Waals surface area contributed by atoms with Crippen LogP contribution in [0.25, 0.3) is 0 Å². The van der Waals surface area contributed by atoms with Gasteiger partial charge in [-0.3, -0.25) is 19.6 Å². The van der Waals surface area contributed by atoms with Gasteiger partial charge < -0.3 is 4.98 Å². The molecule has 0 aliphatic carbocycles. The molecule has 0 bridgehead atoms. The van der Waals surface area contributed by atoms with Gasteiger partial charge >= 0.3 is 5.69 Å². The predicted molar refractivity (Wildman–Crippen MR) is 70.9 cm³/mol. The van der Waals surface area contributed by atoms with Gasteiger partial charge in [0.25, 0.3) is 10.0 Å². The molecule has 110 valence electrons. The van der Waals surface area contributed by atoms with Gasteiger partial charge in [-0.1, -0.05) is 0 Å². The van der Waals surface area contributed by atoms with E-state index < -0.39 is 32.0 Å². The Balaban J connectivity index is 2.37. The van der Waals surface area contributed by atoms with Gasteiger partial charge in [-0.2, -0.15) is 4.39 Å². The summed E-state index contributed by atoms with van der Waals surface area (Å²) in [5, 5.41) is 10.6. The fraction of sp³-hybridized carbons (Fsp3) is 0. The Morgan fingerprint density at radius 2 is 1.95 bits per heavy atom. The average Bonchev–Trinajstić information content (AvgIpc) is 2.41. The van der Waals surface area contributed by atoms with E-state index in [-0.39, 0.29) is 10.6 Å². The van der Waals surface area contributed by atoms with E-state index in [9.17, 15) is 27.7 Å². The number of nitrogens with one attached hydrogen (secondary N) is 2. The number of aromatic nitrogens is 1. The normalized spacial score (nSPS) is 11.1. The summed E-state index contributed by atoms with van der Waals surface area (Å²) in [6.45, 7) is 0. The summed E-state index contributed by atoms with van der Waals surface area (Å²) < 4.78 is 39.2. The van der Waals surface area contributed by atoms with Crippen LogP contribution in [0, 0.1) is 15.9 Å². The first-order chi connectivity index (χ1) is 9.79. The van der Waals surface area contributed by atoms with Crippen molar-refractivity contribution in [2.24, 2.45) is 0 Å². The monoisotopic (exact) mass is 313 g/mol. The number of rotatable bonds is 4. The van der Waals surface area contributed by atoms with E-state index in [0.717, 1.165) is 36.5 Å². The number of anilines is 1. The lowest BCUT2D eigenvalue weighted by molar-refractivity contribution is -0.387. The molecular formula is C11H8FN3O5S. The van der Waals surface area contributed by atoms with Crippen molar-refractivity contribution in [3.63, 3.8) is 0 Å². The van der Waals surface area contributed by atoms with Crippen molar-refractivity contribution in [3.8, 4) is 0 Å². The molecule has 1 heterocycles. The first-order valence-corrected chi connectivity index (χ1v) is 6.93. The molecule has 0 atom stereocenters. The highest BCUT2D eigenvalue weighted by Gasteiger charge is 2.18. The molecule has 8 nitrogen and oxygen atoms in total. The number of H-pyrrole nitrogens is 1. The van der Waals surface area contributed by atoms with Crippen LogP contribution in [0.15, 0.2) is 46.2 Å². The number of aromatic amines is 1. The highest BCUT2D eigenvalue weighted by Crippen LogP contribution is 2.23. The molecule has 0 fully saturated rings. The summed E-state index contributed by atoms with van der Waals surface area (Å²) in [6.07, 6.45) is 0.975. The lowest BCUT2D eigenvalue weighted by atomic mass is 10.3. The van der Waals surface area contributed by atoms with Crippen LogP contribution in [0.2, 0.25) is 0 Å². The molecule has 2 aromatic rings. The summed E-state index contributed by atoms with van der Waals surface area (Å²) in [5.74, 6) is -1.08. The number of hydrogen-bond acceptors (Lipinski definition) is 5. The number of sulfonamides is 1. The lowest BCUT2D eigenvalue weighted by Crippen LogP contribution is -2.15. The predicted octanol–water partition coefficient (Wildman–Crippen LogP) is 1.22. The smallest absolute Gasteiger partial charge is 0.306 e. The van der Waals surface area contributed by atoms with Crippen molar-refractivity contribution in [2.75, 3.05) is 4.72 Å². The Labute approximate surface area is 117 Å². The Morgan fingerprint density at radius 3 is 2.52 bits per heavy atom. The molecular weight excluding hydrogens is 305 g/mol. The summed E-state index contributed by atoms with van der Waals surface area (Å²) in [4.78, 5) is 22.5. The zero-order valence-electron chi connectivity index (χ0n) is 10.2. The van der Waals surface area contributed by atoms with E-state index >= 15 is 0 Å². The van der Waals surface area contributed by atoms with Crippen molar-refractivity contribution >= 4 is 21.4 Å². The second-order valence-electron chi connectivity index (χ2n) is 3.92. The maximum absolute atomic E-state index is 13.2. The van der Waals surface area contributed by atoms with Crippen molar-refractivity contribution < 1.29 is 17.7 Å². The molecule has 2 N–H and O–H groups in total. The Hall–Kier alpha value is -2.75. The first kappa shape index (κ1) is 14.7. The van der Waals surface area contributed by atoms with Gasteiger partial charge in [0.1, 0.15) is 4.90 Å². The number of nitro benzene ring substituents is 1. The van der Waals surface area contributed by atoms with E-state index in [1.54, 1.807) is 0 Å². The zero-order chi connectivity index (χ0) is 15.6. The zero-order valence-corrected chi connectivity index (χ0v) is 11.1. The Kier molecular flexibility index (Phi) is 3.72. The Morgan fingerprint density at radius 1 is 1.24 bits per heavy atom. The van der Waals surface area contributed by atoms with Crippen LogP contribution in [-0.4, -0.2) is 18.3 Å². The third kappa shape index (κ3) is 3.23. The van der Waals surface area contributed by atoms with Crippen molar-refractivity contribution in [2.45, 2.75) is 4.90 Å². The highest BCUT2D eigenvalue weighted by atomic mass is 32.2. The molecule has 0 aliphatic rings. The van der Waals surface area contributed by atoms with Gasteiger partial charge in [0.15, 0.2) is 0 Å². The maximum Gasteiger partial charge on any atom is 0.306 e. The number of benzene rings is 1. The maximum atomic E-state index is 13.2. The summed E-state index contributed by atoms with van der Waals surface area (Å²) in [5.41, 5.74) is -1.50. The van der Waals surface area contributed by atoms with Gasteiger partial charge in [0.2, 0.25) is 11.4 Å². The van der Waals surface area contributed by atoms with Crippen LogP contribution in [0.4, 0.5) is 15.8 Å². The van der Waals surface area contributed by atoms with Crippen LogP contribution >= 0.6 is 0 Å². The number of halogens is 1. The molecule has 0 aliphatic heterocycles. The molecule has 0 amide bonds. The van der Waals surface area contributed by atoms with E-state index in [2.05, 4.69) is 9.71 Å². The molecule has 0 unspecified atom stereocenters. The lowest BCUT2D eigenvalue weighted by Gasteiger charge is -2.07. The summed E-state index contributed by atoms with van der Waals surface area (Å²) >= 11 is 0. The quantitative estimate of drug-likeness (QED) is 0.649. The highest BCUT2D eigenvalue weighted by molar-refractivity contribution is 7.92. The van der Waals surface area contributed by atoms with Crippen LogP contribution in [-0.2, 0) is 10.0 Å². The van der Waals surface area contributed by atoms with E-state index in [1.165, 1.54) is 0 Å².